The first-order chi connectivity index (χ1) is 5.13. The zero-order chi connectivity index (χ0) is 8.43. The molecule has 0 aliphatic rings. The van der Waals surface area contributed by atoms with E-state index in [-0.39, 0.29) is 0 Å². The second-order valence-corrected chi connectivity index (χ2v) is 3.75. The Balaban J connectivity index is 2.92. The molecule has 3 N–H and O–H groups in total. The molecule has 0 aromatic carbocycles. The van der Waals surface area contributed by atoms with Crippen molar-refractivity contribution < 1.29 is 9.90 Å². The van der Waals surface area contributed by atoms with Gasteiger partial charge >= 0.3 is 5.97 Å². The maximum Gasteiger partial charge on any atom is 0.326 e. The molecule has 1 atom stereocenters. The molecular weight excluding hydrogens is 230 g/mol. The van der Waals surface area contributed by atoms with Gasteiger partial charge in [0.2, 0.25) is 0 Å². The molecule has 1 aromatic heterocycles. The maximum absolute atomic E-state index is 10.4. The maximum atomic E-state index is 10.4. The predicted octanol–water partition coefficient (Wildman–Crippen LogP) is 1.60. The Morgan fingerprint density at radius 1 is 1.82 bits per heavy atom. The summed E-state index contributed by atoms with van der Waals surface area (Å²) in [7, 11) is 0. The van der Waals surface area contributed by atoms with Crippen LogP contribution in [0.15, 0.2) is 15.9 Å². The molecule has 0 saturated heterocycles. The number of carboxylic acid groups (broad SMARTS) is 1. The van der Waals surface area contributed by atoms with Crippen LogP contribution in [0, 0.1) is 0 Å². The molecule has 5 heteroatoms. The lowest BCUT2D eigenvalue weighted by atomic mass is 10.3. The minimum atomic E-state index is -1.01. The summed E-state index contributed by atoms with van der Waals surface area (Å²) in [5.74, 6) is -1.01. The summed E-state index contributed by atoms with van der Waals surface area (Å²) in [6.45, 7) is 0. The van der Waals surface area contributed by atoms with E-state index in [2.05, 4.69) is 15.9 Å². The lowest BCUT2D eigenvalue weighted by Crippen LogP contribution is -2.19. The van der Waals surface area contributed by atoms with E-state index in [1.807, 2.05) is 0 Å². The first-order valence-electron chi connectivity index (χ1n) is 2.84. The Kier molecular flexibility index (Phi) is 2.64. The molecule has 0 radical (unpaired) electrons. The number of hydrogen-bond donors (Lipinski definition) is 2. The lowest BCUT2D eigenvalue weighted by Gasteiger charge is -2.02. The summed E-state index contributed by atoms with van der Waals surface area (Å²) in [6.07, 6.45) is 0. The highest BCUT2D eigenvalue weighted by atomic mass is 79.9. The highest BCUT2D eigenvalue weighted by Crippen LogP contribution is 2.27. The molecule has 1 heterocycles. The van der Waals surface area contributed by atoms with Crippen molar-refractivity contribution >= 4 is 33.2 Å². The van der Waals surface area contributed by atoms with Gasteiger partial charge in [-0.05, 0) is 27.4 Å². The molecule has 1 rings (SSSR count). The molecule has 1 aromatic rings. The number of carboxylic acids is 1. The van der Waals surface area contributed by atoms with Crippen LogP contribution in [0.4, 0.5) is 0 Å². The highest BCUT2D eigenvalue weighted by Gasteiger charge is 2.17. The SMILES string of the molecule is N[C@@H](C(=O)O)c1sccc1Br. The first kappa shape index (κ1) is 8.70. The van der Waals surface area contributed by atoms with E-state index in [1.165, 1.54) is 11.3 Å². The standard InChI is InChI=1S/C6H6BrNO2S/c7-3-1-2-11-5(3)4(8)6(9)10/h1-2,4H,8H2,(H,9,10)/t4-/m1/s1. The van der Waals surface area contributed by atoms with Crippen molar-refractivity contribution in [1.82, 2.24) is 0 Å². The number of rotatable bonds is 2. The van der Waals surface area contributed by atoms with Crippen LogP contribution in [0.3, 0.4) is 0 Å². The number of aliphatic carboxylic acids is 1. The minimum Gasteiger partial charge on any atom is -0.480 e. The highest BCUT2D eigenvalue weighted by molar-refractivity contribution is 9.10. The first-order valence-corrected chi connectivity index (χ1v) is 4.51. The second kappa shape index (κ2) is 3.34. The van der Waals surface area contributed by atoms with E-state index < -0.39 is 12.0 Å². The Morgan fingerprint density at radius 2 is 2.45 bits per heavy atom. The number of carbonyl (C=O) groups is 1. The van der Waals surface area contributed by atoms with E-state index in [1.54, 1.807) is 11.4 Å². The fraction of sp³-hybridized carbons (Fsp3) is 0.167. The van der Waals surface area contributed by atoms with Crippen molar-refractivity contribution in [2.45, 2.75) is 6.04 Å². The van der Waals surface area contributed by atoms with Crippen molar-refractivity contribution in [1.29, 1.82) is 0 Å². The van der Waals surface area contributed by atoms with Gasteiger partial charge < -0.3 is 10.8 Å². The summed E-state index contributed by atoms with van der Waals surface area (Å²) < 4.78 is 0.761. The van der Waals surface area contributed by atoms with Crippen LogP contribution in [0.2, 0.25) is 0 Å². The van der Waals surface area contributed by atoms with Gasteiger partial charge in [-0.3, -0.25) is 4.79 Å². The third-order valence-corrected chi connectivity index (χ3v) is 3.15. The molecule has 0 unspecified atom stereocenters. The van der Waals surface area contributed by atoms with Gasteiger partial charge in [0.05, 0.1) is 0 Å². The van der Waals surface area contributed by atoms with Crippen LogP contribution in [0.5, 0.6) is 0 Å². The van der Waals surface area contributed by atoms with Gasteiger partial charge in [0, 0.05) is 9.35 Å². The molecular formula is C6H6BrNO2S. The monoisotopic (exact) mass is 235 g/mol. The topological polar surface area (TPSA) is 63.3 Å². The Morgan fingerprint density at radius 3 is 2.82 bits per heavy atom. The van der Waals surface area contributed by atoms with Gasteiger partial charge in [0.1, 0.15) is 6.04 Å². The summed E-state index contributed by atoms with van der Waals surface area (Å²) in [5.41, 5.74) is 5.36. The third-order valence-electron chi connectivity index (χ3n) is 1.19. The van der Waals surface area contributed by atoms with Crippen molar-refractivity contribution in [3.8, 4) is 0 Å². The molecule has 0 aliphatic heterocycles. The molecule has 60 valence electrons. The molecule has 3 nitrogen and oxygen atoms in total. The molecule has 0 amide bonds. The van der Waals surface area contributed by atoms with Crippen LogP contribution in [-0.2, 0) is 4.79 Å². The number of thiophene rings is 1. The minimum absolute atomic E-state index is 0.650. The molecule has 0 bridgehead atoms. The lowest BCUT2D eigenvalue weighted by molar-refractivity contribution is -0.138. The largest absolute Gasteiger partial charge is 0.480 e. The van der Waals surface area contributed by atoms with Gasteiger partial charge in [-0.2, -0.15) is 0 Å². The number of hydrogen-bond acceptors (Lipinski definition) is 3. The molecule has 11 heavy (non-hydrogen) atoms. The fourth-order valence-electron chi connectivity index (χ4n) is 0.639. The summed E-state index contributed by atoms with van der Waals surface area (Å²) in [5, 5.41) is 10.3. The summed E-state index contributed by atoms with van der Waals surface area (Å²) >= 11 is 4.54. The van der Waals surface area contributed by atoms with E-state index in [9.17, 15) is 4.79 Å². The molecule has 0 fully saturated rings. The van der Waals surface area contributed by atoms with Crippen molar-refractivity contribution in [3.63, 3.8) is 0 Å². The summed E-state index contributed by atoms with van der Waals surface area (Å²) in [6, 6.07) is 0.868. The third kappa shape index (κ3) is 1.79. The fourth-order valence-corrected chi connectivity index (χ4v) is 2.25. The number of halogens is 1. The van der Waals surface area contributed by atoms with E-state index >= 15 is 0 Å². The van der Waals surface area contributed by atoms with Crippen LogP contribution >= 0.6 is 27.3 Å². The van der Waals surface area contributed by atoms with Crippen LogP contribution in [0.1, 0.15) is 10.9 Å². The summed E-state index contributed by atoms with van der Waals surface area (Å²) in [4.78, 5) is 11.1. The predicted molar refractivity (Wildman–Crippen MR) is 46.6 cm³/mol. The Bertz CT molecular complexity index is 273. The number of nitrogens with two attached hydrogens (primary N) is 1. The quantitative estimate of drug-likeness (QED) is 0.819. The molecule has 0 saturated carbocycles. The van der Waals surface area contributed by atoms with Gasteiger partial charge in [-0.1, -0.05) is 0 Å². The Labute approximate surface area is 76.0 Å². The second-order valence-electron chi connectivity index (χ2n) is 1.95. The molecule has 0 spiro atoms. The normalized spacial score (nSPS) is 12.9. The van der Waals surface area contributed by atoms with Gasteiger partial charge in [-0.25, -0.2) is 0 Å². The average molecular weight is 236 g/mol. The van der Waals surface area contributed by atoms with Crippen molar-refractivity contribution in [3.05, 3.63) is 20.8 Å². The van der Waals surface area contributed by atoms with Crippen molar-refractivity contribution in [2.24, 2.45) is 5.73 Å². The van der Waals surface area contributed by atoms with E-state index in [4.69, 9.17) is 10.8 Å². The van der Waals surface area contributed by atoms with Crippen LogP contribution in [-0.4, -0.2) is 11.1 Å². The average Bonchev–Trinajstić information content (AvgIpc) is 2.33. The smallest absolute Gasteiger partial charge is 0.326 e. The van der Waals surface area contributed by atoms with Crippen LogP contribution < -0.4 is 5.73 Å². The van der Waals surface area contributed by atoms with Gasteiger partial charge in [0.25, 0.3) is 0 Å². The zero-order valence-electron chi connectivity index (χ0n) is 5.45. The van der Waals surface area contributed by atoms with Crippen molar-refractivity contribution in [2.75, 3.05) is 0 Å². The Hall–Kier alpha value is -0.390. The molecule has 0 aliphatic carbocycles. The van der Waals surface area contributed by atoms with E-state index in [0.29, 0.717) is 4.88 Å². The van der Waals surface area contributed by atoms with E-state index in [0.717, 1.165) is 4.47 Å². The zero-order valence-corrected chi connectivity index (χ0v) is 7.85. The van der Waals surface area contributed by atoms with Gasteiger partial charge in [-0.15, -0.1) is 11.3 Å². The van der Waals surface area contributed by atoms with Crippen LogP contribution in [0.25, 0.3) is 0 Å². The van der Waals surface area contributed by atoms with Gasteiger partial charge in [0.15, 0.2) is 0 Å².